The van der Waals surface area contributed by atoms with Crippen LogP contribution in [0.5, 0.6) is 5.75 Å². The van der Waals surface area contributed by atoms with E-state index in [0.29, 0.717) is 37.0 Å². The maximum atomic E-state index is 11.3. The molecule has 0 spiro atoms. The van der Waals surface area contributed by atoms with Gasteiger partial charge in [0.2, 0.25) is 0 Å². The van der Waals surface area contributed by atoms with Gasteiger partial charge in [0.05, 0.1) is 11.6 Å². The second-order valence-corrected chi connectivity index (χ2v) is 5.75. The molecule has 1 aromatic rings. The molecule has 22 heavy (non-hydrogen) atoms. The van der Waals surface area contributed by atoms with Crippen molar-refractivity contribution in [3.63, 3.8) is 0 Å². The second kappa shape index (κ2) is 6.31. The Morgan fingerprint density at radius 3 is 2.86 bits per heavy atom. The fourth-order valence-corrected chi connectivity index (χ4v) is 2.90. The average Bonchev–Trinajstić information content (AvgIpc) is 2.53. The summed E-state index contributed by atoms with van der Waals surface area (Å²) in [6.45, 7) is 0.616. The standard InChI is InChI=1S/C15H19N3O4/c19-13-8-22-12-6-5-11(17-14(12)18-13)7-16-10-3-1-9(2-4-10)15(20)21/h5-6,9-10,16H,1-4,7-8H2,(H,20,21)(H,17,18,19). The van der Waals surface area contributed by atoms with Crippen LogP contribution in [-0.4, -0.2) is 34.6 Å². The van der Waals surface area contributed by atoms with E-state index in [1.54, 1.807) is 6.07 Å². The molecule has 7 nitrogen and oxygen atoms in total. The maximum absolute atomic E-state index is 11.3. The van der Waals surface area contributed by atoms with E-state index in [1.807, 2.05) is 6.07 Å². The minimum atomic E-state index is -0.689. The molecule has 0 aromatic carbocycles. The Kier molecular flexibility index (Phi) is 4.24. The molecule has 1 fully saturated rings. The molecule has 118 valence electrons. The molecule has 0 saturated heterocycles. The van der Waals surface area contributed by atoms with Gasteiger partial charge in [0.25, 0.3) is 5.91 Å². The highest BCUT2D eigenvalue weighted by atomic mass is 16.5. The lowest BCUT2D eigenvalue weighted by atomic mass is 9.86. The van der Waals surface area contributed by atoms with E-state index < -0.39 is 5.97 Å². The van der Waals surface area contributed by atoms with Crippen molar-refractivity contribution < 1.29 is 19.4 Å². The fourth-order valence-electron chi connectivity index (χ4n) is 2.90. The number of carbonyl (C=O) groups is 2. The molecule has 2 heterocycles. The Labute approximate surface area is 128 Å². The molecule has 0 unspecified atom stereocenters. The van der Waals surface area contributed by atoms with Crippen molar-refractivity contribution in [2.75, 3.05) is 11.9 Å². The summed E-state index contributed by atoms with van der Waals surface area (Å²) >= 11 is 0. The highest BCUT2D eigenvalue weighted by Crippen LogP contribution is 2.26. The van der Waals surface area contributed by atoms with Gasteiger partial charge in [-0.2, -0.15) is 0 Å². The van der Waals surface area contributed by atoms with Crippen molar-refractivity contribution >= 4 is 17.7 Å². The van der Waals surface area contributed by atoms with E-state index in [1.165, 1.54) is 0 Å². The molecule has 0 bridgehead atoms. The number of carboxylic acid groups (broad SMARTS) is 1. The smallest absolute Gasteiger partial charge is 0.306 e. The number of fused-ring (bicyclic) bond motifs is 1. The van der Waals surface area contributed by atoms with Crippen molar-refractivity contribution in [1.29, 1.82) is 0 Å². The number of rotatable bonds is 4. The number of pyridine rings is 1. The zero-order valence-electron chi connectivity index (χ0n) is 12.2. The molecule has 7 heteroatoms. The second-order valence-electron chi connectivity index (χ2n) is 5.75. The van der Waals surface area contributed by atoms with Crippen LogP contribution in [-0.2, 0) is 16.1 Å². The Morgan fingerprint density at radius 2 is 2.14 bits per heavy atom. The van der Waals surface area contributed by atoms with Crippen LogP contribution < -0.4 is 15.4 Å². The topological polar surface area (TPSA) is 101 Å². The van der Waals surface area contributed by atoms with Crippen molar-refractivity contribution in [3.05, 3.63) is 17.8 Å². The number of hydrogen-bond acceptors (Lipinski definition) is 5. The van der Waals surface area contributed by atoms with E-state index in [0.717, 1.165) is 18.5 Å². The third-order valence-electron chi connectivity index (χ3n) is 4.18. The lowest BCUT2D eigenvalue weighted by Gasteiger charge is -2.27. The first kappa shape index (κ1) is 14.8. The van der Waals surface area contributed by atoms with Gasteiger partial charge >= 0.3 is 5.97 Å². The van der Waals surface area contributed by atoms with Crippen LogP contribution in [0.4, 0.5) is 5.82 Å². The molecule has 2 aliphatic rings. The number of aliphatic carboxylic acids is 1. The minimum Gasteiger partial charge on any atom is -0.481 e. The largest absolute Gasteiger partial charge is 0.481 e. The van der Waals surface area contributed by atoms with Crippen LogP contribution in [0.25, 0.3) is 0 Å². The number of nitrogens with zero attached hydrogens (tertiary/aromatic N) is 1. The molecule has 1 aliphatic heterocycles. The first-order valence-electron chi connectivity index (χ1n) is 7.50. The number of carbonyl (C=O) groups excluding carboxylic acids is 1. The summed E-state index contributed by atoms with van der Waals surface area (Å²) in [5.41, 5.74) is 0.824. The summed E-state index contributed by atoms with van der Waals surface area (Å²) in [5.74, 6) is -0.0367. The highest BCUT2D eigenvalue weighted by molar-refractivity contribution is 5.94. The maximum Gasteiger partial charge on any atom is 0.306 e. The zero-order chi connectivity index (χ0) is 15.5. The Hall–Kier alpha value is -2.15. The van der Waals surface area contributed by atoms with Crippen molar-refractivity contribution in [1.82, 2.24) is 10.3 Å². The van der Waals surface area contributed by atoms with E-state index in [4.69, 9.17) is 9.84 Å². The summed E-state index contributed by atoms with van der Waals surface area (Å²) in [6.07, 6.45) is 3.16. The molecule has 0 radical (unpaired) electrons. The number of ether oxygens (including phenoxy) is 1. The van der Waals surface area contributed by atoms with Gasteiger partial charge in [0, 0.05) is 12.6 Å². The van der Waals surface area contributed by atoms with Gasteiger partial charge < -0.3 is 20.5 Å². The van der Waals surface area contributed by atoms with Crippen molar-refractivity contribution in [2.24, 2.45) is 5.92 Å². The van der Waals surface area contributed by atoms with Crippen LogP contribution in [0.1, 0.15) is 31.4 Å². The van der Waals surface area contributed by atoms with E-state index in [9.17, 15) is 9.59 Å². The van der Waals surface area contributed by atoms with E-state index >= 15 is 0 Å². The molecular formula is C15H19N3O4. The van der Waals surface area contributed by atoms with Gasteiger partial charge in [-0.3, -0.25) is 9.59 Å². The summed E-state index contributed by atoms with van der Waals surface area (Å²) in [6, 6.07) is 3.99. The summed E-state index contributed by atoms with van der Waals surface area (Å²) in [5, 5.41) is 15.1. The number of aromatic nitrogens is 1. The number of amides is 1. The highest BCUT2D eigenvalue weighted by Gasteiger charge is 2.25. The molecule has 1 aromatic heterocycles. The number of carboxylic acids is 1. The minimum absolute atomic E-state index is 0.0269. The normalized spacial score (nSPS) is 24.1. The molecule has 1 aliphatic carbocycles. The third-order valence-corrected chi connectivity index (χ3v) is 4.18. The lowest BCUT2D eigenvalue weighted by Crippen LogP contribution is -2.34. The summed E-state index contributed by atoms with van der Waals surface area (Å²) < 4.78 is 5.27. The SMILES string of the molecule is O=C1COc2ccc(CNC3CCC(C(=O)O)CC3)nc2N1. The predicted molar refractivity (Wildman–Crippen MR) is 78.6 cm³/mol. The molecule has 3 rings (SSSR count). The quantitative estimate of drug-likeness (QED) is 0.771. The van der Waals surface area contributed by atoms with Gasteiger partial charge in [0.15, 0.2) is 18.2 Å². The van der Waals surface area contributed by atoms with E-state index in [-0.39, 0.29) is 18.4 Å². The summed E-state index contributed by atoms with van der Waals surface area (Å²) in [7, 11) is 0. The Bertz CT molecular complexity index is 582. The van der Waals surface area contributed by atoms with Gasteiger partial charge in [-0.1, -0.05) is 0 Å². The van der Waals surface area contributed by atoms with Gasteiger partial charge in [0.1, 0.15) is 0 Å². The molecule has 0 atom stereocenters. The molecule has 1 amide bonds. The first-order chi connectivity index (χ1) is 10.6. The van der Waals surface area contributed by atoms with Crippen molar-refractivity contribution in [3.8, 4) is 5.75 Å². The van der Waals surface area contributed by atoms with Crippen LogP contribution in [0.15, 0.2) is 12.1 Å². The monoisotopic (exact) mass is 305 g/mol. The Morgan fingerprint density at radius 1 is 1.36 bits per heavy atom. The van der Waals surface area contributed by atoms with Crippen LogP contribution in [0, 0.1) is 5.92 Å². The Balaban J connectivity index is 1.53. The lowest BCUT2D eigenvalue weighted by molar-refractivity contribution is -0.142. The van der Waals surface area contributed by atoms with Crippen molar-refractivity contribution in [2.45, 2.75) is 38.3 Å². The zero-order valence-corrected chi connectivity index (χ0v) is 12.2. The fraction of sp³-hybridized carbons (Fsp3) is 0.533. The molecular weight excluding hydrogens is 286 g/mol. The molecule has 1 saturated carbocycles. The van der Waals surface area contributed by atoms with Gasteiger partial charge in [-0.05, 0) is 37.8 Å². The van der Waals surface area contributed by atoms with E-state index in [2.05, 4.69) is 15.6 Å². The van der Waals surface area contributed by atoms with Gasteiger partial charge in [-0.25, -0.2) is 4.98 Å². The number of hydrogen-bond donors (Lipinski definition) is 3. The summed E-state index contributed by atoms with van der Waals surface area (Å²) in [4.78, 5) is 26.6. The number of nitrogens with one attached hydrogen (secondary N) is 2. The van der Waals surface area contributed by atoms with Crippen LogP contribution >= 0.6 is 0 Å². The average molecular weight is 305 g/mol. The number of anilines is 1. The molecule has 3 N–H and O–H groups in total. The van der Waals surface area contributed by atoms with Gasteiger partial charge in [-0.15, -0.1) is 0 Å². The predicted octanol–water partition coefficient (Wildman–Crippen LogP) is 1.15. The van der Waals surface area contributed by atoms with Crippen LogP contribution in [0.2, 0.25) is 0 Å². The first-order valence-corrected chi connectivity index (χ1v) is 7.50. The van der Waals surface area contributed by atoms with Crippen LogP contribution in [0.3, 0.4) is 0 Å². The third kappa shape index (κ3) is 3.36.